The molecule has 1 amide bonds. The molecule has 0 bridgehead atoms. The lowest BCUT2D eigenvalue weighted by molar-refractivity contribution is -0.119. The number of para-hydroxylation sites is 2. The number of ketones is 1. The molecule has 1 N–H and O–H groups in total. The summed E-state index contributed by atoms with van der Waals surface area (Å²) in [5, 5.41) is 3.49. The summed E-state index contributed by atoms with van der Waals surface area (Å²) in [6.07, 6.45) is 3.27. The number of amides is 1. The molecule has 0 radical (unpaired) electrons. The van der Waals surface area contributed by atoms with Gasteiger partial charge < -0.3 is 5.32 Å². The van der Waals surface area contributed by atoms with Crippen molar-refractivity contribution in [3.63, 3.8) is 0 Å². The molecule has 1 aliphatic heterocycles. The minimum Gasteiger partial charge on any atom is -0.357 e. The lowest BCUT2D eigenvalue weighted by Gasteiger charge is -2.36. The van der Waals surface area contributed by atoms with Gasteiger partial charge in [-0.15, -0.1) is 0 Å². The van der Waals surface area contributed by atoms with E-state index in [1.165, 1.54) is 0 Å². The molecule has 0 saturated carbocycles. The van der Waals surface area contributed by atoms with Crippen LogP contribution >= 0.6 is 0 Å². The molecule has 1 atom stereocenters. The topological polar surface area (TPSA) is 62.3 Å². The molecular formula is C23H25N3O2. The van der Waals surface area contributed by atoms with E-state index in [0.717, 1.165) is 23.5 Å². The molecule has 2 heterocycles. The van der Waals surface area contributed by atoms with E-state index >= 15 is 0 Å². The van der Waals surface area contributed by atoms with Gasteiger partial charge in [-0.05, 0) is 36.1 Å². The van der Waals surface area contributed by atoms with Gasteiger partial charge in [0.1, 0.15) is 6.04 Å². The number of carbonyl (C=O) groups is 2. The van der Waals surface area contributed by atoms with E-state index in [9.17, 15) is 9.59 Å². The van der Waals surface area contributed by atoms with Crippen molar-refractivity contribution in [1.82, 2.24) is 4.98 Å². The summed E-state index contributed by atoms with van der Waals surface area (Å²) in [4.78, 5) is 32.7. The highest BCUT2D eigenvalue weighted by Gasteiger charge is 2.43. The van der Waals surface area contributed by atoms with Crippen LogP contribution in [0.1, 0.15) is 51.8 Å². The molecule has 0 unspecified atom stereocenters. The molecule has 2 aliphatic rings. The summed E-state index contributed by atoms with van der Waals surface area (Å²) in [6, 6.07) is 12.9. The smallest absolute Gasteiger partial charge is 0.227 e. The van der Waals surface area contributed by atoms with Gasteiger partial charge in [-0.2, -0.15) is 0 Å². The number of Topliss-reactive ketones (excluding diaryl/α,β-unsaturated/α-hetero) is 1. The number of aromatic nitrogens is 1. The van der Waals surface area contributed by atoms with Crippen molar-refractivity contribution in [2.75, 3.05) is 10.2 Å². The van der Waals surface area contributed by atoms with E-state index < -0.39 is 6.04 Å². The molecule has 144 valence electrons. The Kier molecular flexibility index (Phi) is 4.53. The van der Waals surface area contributed by atoms with Crippen molar-refractivity contribution in [2.24, 2.45) is 5.41 Å². The fourth-order valence-electron chi connectivity index (χ4n) is 4.25. The summed E-state index contributed by atoms with van der Waals surface area (Å²) in [5.74, 6) is 0.0485. The van der Waals surface area contributed by atoms with Gasteiger partial charge in [-0.1, -0.05) is 39.0 Å². The molecule has 2 aromatic rings. The molecule has 1 aromatic heterocycles. The summed E-state index contributed by atoms with van der Waals surface area (Å²) >= 11 is 0. The zero-order chi connectivity index (χ0) is 19.9. The quantitative estimate of drug-likeness (QED) is 0.831. The van der Waals surface area contributed by atoms with Gasteiger partial charge in [0.15, 0.2) is 5.78 Å². The molecule has 5 heteroatoms. The number of nitrogens with one attached hydrogen (secondary N) is 1. The molecular weight excluding hydrogens is 350 g/mol. The van der Waals surface area contributed by atoms with E-state index in [1.54, 1.807) is 11.1 Å². The maximum Gasteiger partial charge on any atom is 0.227 e. The molecule has 0 spiro atoms. The Balaban J connectivity index is 2.01. The lowest BCUT2D eigenvalue weighted by Crippen LogP contribution is -2.39. The van der Waals surface area contributed by atoms with Gasteiger partial charge in [0, 0.05) is 30.3 Å². The van der Waals surface area contributed by atoms with Crippen LogP contribution in [0.15, 0.2) is 59.9 Å². The zero-order valence-electron chi connectivity index (χ0n) is 16.5. The Morgan fingerprint density at radius 2 is 1.93 bits per heavy atom. The highest BCUT2D eigenvalue weighted by molar-refractivity contribution is 6.06. The van der Waals surface area contributed by atoms with Gasteiger partial charge >= 0.3 is 0 Å². The number of rotatable bonds is 2. The number of anilines is 2. The van der Waals surface area contributed by atoms with Gasteiger partial charge in [-0.25, -0.2) is 0 Å². The fraction of sp³-hybridized carbons (Fsp3) is 0.348. The number of hydrogen-bond donors (Lipinski definition) is 1. The Hall–Kier alpha value is -2.95. The molecule has 28 heavy (non-hydrogen) atoms. The van der Waals surface area contributed by atoms with Gasteiger partial charge in [0.05, 0.1) is 17.1 Å². The number of allylic oxidation sites excluding steroid dienone is 1. The monoisotopic (exact) mass is 375 g/mol. The third-order valence-corrected chi connectivity index (χ3v) is 5.44. The van der Waals surface area contributed by atoms with Crippen molar-refractivity contribution in [1.29, 1.82) is 0 Å². The van der Waals surface area contributed by atoms with Crippen molar-refractivity contribution in [3.05, 3.63) is 65.6 Å². The normalized spacial score (nSPS) is 20.8. The highest BCUT2D eigenvalue weighted by Crippen LogP contribution is 2.47. The fourth-order valence-corrected chi connectivity index (χ4v) is 4.25. The first-order valence-electron chi connectivity index (χ1n) is 9.76. The Morgan fingerprint density at radius 3 is 2.64 bits per heavy atom. The second-order valence-electron chi connectivity index (χ2n) is 8.25. The second-order valence-corrected chi connectivity index (χ2v) is 8.25. The van der Waals surface area contributed by atoms with E-state index in [4.69, 9.17) is 0 Å². The van der Waals surface area contributed by atoms with Crippen LogP contribution in [0.2, 0.25) is 0 Å². The molecule has 1 aliphatic carbocycles. The van der Waals surface area contributed by atoms with Gasteiger partial charge in [-0.3, -0.25) is 19.5 Å². The third kappa shape index (κ3) is 3.11. The summed E-state index contributed by atoms with van der Waals surface area (Å²) in [7, 11) is 0. The average Bonchev–Trinajstić information content (AvgIpc) is 2.81. The number of benzene rings is 1. The predicted octanol–water partition coefficient (Wildman–Crippen LogP) is 4.63. The largest absolute Gasteiger partial charge is 0.357 e. The molecule has 5 nitrogen and oxygen atoms in total. The average molecular weight is 375 g/mol. The van der Waals surface area contributed by atoms with Crippen LogP contribution in [-0.2, 0) is 9.59 Å². The first-order valence-corrected chi connectivity index (χ1v) is 9.76. The number of pyridine rings is 1. The Labute approximate surface area is 165 Å². The maximum absolute atomic E-state index is 13.3. The summed E-state index contributed by atoms with van der Waals surface area (Å²) < 4.78 is 0. The second kappa shape index (κ2) is 6.89. The van der Waals surface area contributed by atoms with Crippen LogP contribution in [0.4, 0.5) is 11.4 Å². The van der Waals surface area contributed by atoms with Crippen molar-refractivity contribution >= 4 is 23.1 Å². The number of carbonyl (C=O) groups excluding carboxylic acids is 2. The van der Waals surface area contributed by atoms with Crippen LogP contribution in [0, 0.1) is 5.41 Å². The lowest BCUT2D eigenvalue weighted by atomic mass is 9.73. The van der Waals surface area contributed by atoms with Crippen molar-refractivity contribution in [2.45, 2.75) is 46.1 Å². The molecule has 1 aromatic carbocycles. The van der Waals surface area contributed by atoms with Crippen LogP contribution < -0.4 is 10.2 Å². The first-order chi connectivity index (χ1) is 13.4. The number of nitrogens with zero attached hydrogens (tertiary/aromatic N) is 2. The predicted molar refractivity (Wildman–Crippen MR) is 110 cm³/mol. The molecule has 0 fully saturated rings. The molecule has 0 saturated heterocycles. The number of hydrogen-bond acceptors (Lipinski definition) is 4. The standard InChI is InChI=1S/C23H25N3O2/c1-4-20(28)26-18-11-6-5-9-15(18)25-17-13-23(2,3)14-19(27)21(17)22(26)16-10-7-8-12-24-16/h5-12,22,25H,4,13-14H2,1-3H3/t22-/m0/s1. The van der Waals surface area contributed by atoms with Crippen LogP contribution in [0.5, 0.6) is 0 Å². The number of fused-ring (bicyclic) bond motifs is 1. The van der Waals surface area contributed by atoms with E-state index in [0.29, 0.717) is 24.1 Å². The molecule has 4 rings (SSSR count). The maximum atomic E-state index is 13.3. The Morgan fingerprint density at radius 1 is 1.18 bits per heavy atom. The van der Waals surface area contributed by atoms with Crippen molar-refractivity contribution in [3.8, 4) is 0 Å². The van der Waals surface area contributed by atoms with E-state index in [-0.39, 0.29) is 17.1 Å². The SMILES string of the molecule is CCC(=O)N1c2ccccc2NC2=C(C(=O)CC(C)(C)C2)[C@@H]1c1ccccn1. The highest BCUT2D eigenvalue weighted by atomic mass is 16.2. The van der Waals surface area contributed by atoms with E-state index in [1.807, 2.05) is 49.4 Å². The zero-order valence-corrected chi connectivity index (χ0v) is 16.5. The minimum atomic E-state index is -0.525. The third-order valence-electron chi connectivity index (χ3n) is 5.44. The minimum absolute atomic E-state index is 0.0312. The van der Waals surface area contributed by atoms with E-state index in [2.05, 4.69) is 24.1 Å². The van der Waals surface area contributed by atoms with Gasteiger partial charge in [0.2, 0.25) is 5.91 Å². The summed E-state index contributed by atoms with van der Waals surface area (Å²) in [5.41, 5.74) is 3.78. The first kappa shape index (κ1) is 18.4. The van der Waals surface area contributed by atoms with Crippen LogP contribution in [-0.4, -0.2) is 16.7 Å². The van der Waals surface area contributed by atoms with Gasteiger partial charge in [0.25, 0.3) is 0 Å². The van der Waals surface area contributed by atoms with Crippen molar-refractivity contribution < 1.29 is 9.59 Å². The Bertz CT molecular complexity index is 963. The summed E-state index contributed by atoms with van der Waals surface area (Å²) in [6.45, 7) is 6.07. The van der Waals surface area contributed by atoms with Crippen LogP contribution in [0.25, 0.3) is 0 Å². The van der Waals surface area contributed by atoms with Crippen LogP contribution in [0.3, 0.4) is 0 Å².